The summed E-state index contributed by atoms with van der Waals surface area (Å²) < 4.78 is 37.9. The lowest BCUT2D eigenvalue weighted by molar-refractivity contribution is 0.197. The van der Waals surface area contributed by atoms with Gasteiger partial charge in [-0.1, -0.05) is 39.7 Å². The summed E-state index contributed by atoms with van der Waals surface area (Å²) in [5, 5.41) is 3.24. The first-order valence-electron chi connectivity index (χ1n) is 8.42. The molecule has 0 radical (unpaired) electrons. The molecule has 2 aromatic carbocycles. The Morgan fingerprint density at radius 2 is 1.89 bits per heavy atom. The maximum Gasteiger partial charge on any atom is 0.233 e. The molecule has 148 valence electrons. The fraction of sp³-hybridized carbons (Fsp3) is 0.211. The average Bonchev–Trinajstić information content (AvgIpc) is 3.11. The molecule has 0 amide bonds. The number of methoxy groups -OCH3 is 1. The Hall–Kier alpha value is -1.87. The molecular weight excluding hydrogens is 468 g/mol. The van der Waals surface area contributed by atoms with Gasteiger partial charge in [0.1, 0.15) is 0 Å². The largest absolute Gasteiger partial charge is 0.419 e. The van der Waals surface area contributed by atoms with Crippen LogP contribution in [0.2, 0.25) is 5.02 Å². The predicted octanol–water partition coefficient (Wildman–Crippen LogP) is 5.04. The van der Waals surface area contributed by atoms with Gasteiger partial charge in [0.2, 0.25) is 26.6 Å². The fourth-order valence-electron chi connectivity index (χ4n) is 2.49. The lowest BCUT2D eigenvalue weighted by Gasteiger charge is -2.06. The molecule has 3 aromatic rings. The van der Waals surface area contributed by atoms with E-state index in [-0.39, 0.29) is 21.7 Å². The lowest BCUT2D eigenvalue weighted by Crippen LogP contribution is -2.09. The number of halogens is 2. The first-order valence-corrected chi connectivity index (χ1v) is 11.1. The van der Waals surface area contributed by atoms with E-state index in [1.807, 2.05) is 0 Å². The minimum Gasteiger partial charge on any atom is -0.419 e. The third-order valence-electron chi connectivity index (χ3n) is 3.89. The van der Waals surface area contributed by atoms with Crippen LogP contribution in [-0.4, -0.2) is 33.7 Å². The SMILES string of the molecule is COCCCNc1oc(-c2ccccc2Cl)nc1S(=O)(=O)c1ccc(Br)cc1. The van der Waals surface area contributed by atoms with Crippen molar-refractivity contribution >= 4 is 43.3 Å². The molecule has 0 bridgehead atoms. The molecule has 0 aliphatic heterocycles. The molecule has 6 nitrogen and oxygen atoms in total. The Kier molecular flexibility index (Phi) is 6.77. The van der Waals surface area contributed by atoms with Crippen LogP contribution in [0.5, 0.6) is 0 Å². The van der Waals surface area contributed by atoms with Gasteiger partial charge < -0.3 is 14.5 Å². The second-order valence-electron chi connectivity index (χ2n) is 5.86. The molecule has 1 N–H and O–H groups in total. The van der Waals surface area contributed by atoms with Gasteiger partial charge in [-0.05, 0) is 42.8 Å². The van der Waals surface area contributed by atoms with Crippen LogP contribution < -0.4 is 5.32 Å². The molecule has 0 fully saturated rings. The van der Waals surface area contributed by atoms with Crippen molar-refractivity contribution < 1.29 is 17.6 Å². The van der Waals surface area contributed by atoms with Crippen LogP contribution in [0.25, 0.3) is 11.5 Å². The van der Waals surface area contributed by atoms with Gasteiger partial charge in [0.05, 0.1) is 15.5 Å². The zero-order valence-corrected chi connectivity index (χ0v) is 18.1. The van der Waals surface area contributed by atoms with Crippen molar-refractivity contribution in [2.75, 3.05) is 25.6 Å². The van der Waals surface area contributed by atoms with Crippen molar-refractivity contribution in [1.29, 1.82) is 0 Å². The van der Waals surface area contributed by atoms with E-state index in [9.17, 15) is 8.42 Å². The maximum absolute atomic E-state index is 13.1. The number of aromatic nitrogens is 1. The second-order valence-corrected chi connectivity index (χ2v) is 9.05. The highest BCUT2D eigenvalue weighted by molar-refractivity contribution is 9.10. The number of sulfone groups is 1. The molecule has 1 heterocycles. The zero-order valence-electron chi connectivity index (χ0n) is 15.0. The molecule has 28 heavy (non-hydrogen) atoms. The standard InChI is InChI=1S/C19H18BrClN2O4S/c1-26-12-4-11-22-18-19(28(24,25)14-9-7-13(20)8-10-14)23-17(27-18)15-5-2-3-6-16(15)21/h2-3,5-10,22H,4,11-12H2,1H3. The molecule has 9 heteroatoms. The van der Waals surface area contributed by atoms with Gasteiger partial charge in [0.25, 0.3) is 0 Å². The van der Waals surface area contributed by atoms with Crippen LogP contribution in [-0.2, 0) is 14.6 Å². The molecular formula is C19H18BrClN2O4S. The Morgan fingerprint density at radius 3 is 2.57 bits per heavy atom. The van der Waals surface area contributed by atoms with Gasteiger partial charge in [-0.15, -0.1) is 0 Å². The quantitative estimate of drug-likeness (QED) is 0.450. The molecule has 0 atom stereocenters. The third kappa shape index (κ3) is 4.57. The summed E-state index contributed by atoms with van der Waals surface area (Å²) in [7, 11) is -2.29. The van der Waals surface area contributed by atoms with Gasteiger partial charge in [0.15, 0.2) is 0 Å². The van der Waals surface area contributed by atoms with Crippen LogP contribution in [0, 0.1) is 0 Å². The number of hydrogen-bond acceptors (Lipinski definition) is 6. The summed E-state index contributed by atoms with van der Waals surface area (Å²) >= 11 is 9.53. The smallest absolute Gasteiger partial charge is 0.233 e. The number of oxazole rings is 1. The zero-order chi connectivity index (χ0) is 20.1. The first-order chi connectivity index (χ1) is 13.4. The van der Waals surface area contributed by atoms with Gasteiger partial charge in [-0.2, -0.15) is 4.98 Å². The number of rotatable bonds is 8. The van der Waals surface area contributed by atoms with E-state index in [1.54, 1.807) is 43.5 Å². The van der Waals surface area contributed by atoms with E-state index in [0.29, 0.717) is 30.2 Å². The highest BCUT2D eigenvalue weighted by Gasteiger charge is 2.29. The van der Waals surface area contributed by atoms with Gasteiger partial charge in [0, 0.05) is 24.7 Å². The minimum absolute atomic E-state index is 0.0777. The molecule has 0 unspecified atom stereocenters. The average molecular weight is 486 g/mol. The Morgan fingerprint density at radius 1 is 1.18 bits per heavy atom. The molecule has 0 aliphatic carbocycles. The summed E-state index contributed by atoms with van der Waals surface area (Å²) in [6, 6.07) is 13.3. The molecule has 3 rings (SSSR count). The topological polar surface area (TPSA) is 81.4 Å². The van der Waals surface area contributed by atoms with Crippen LogP contribution in [0.15, 0.2) is 67.3 Å². The van der Waals surface area contributed by atoms with Crippen molar-refractivity contribution in [3.8, 4) is 11.5 Å². The summed E-state index contributed by atoms with van der Waals surface area (Å²) in [5.74, 6) is 0.212. The van der Waals surface area contributed by atoms with E-state index >= 15 is 0 Å². The van der Waals surface area contributed by atoms with Crippen LogP contribution in [0.3, 0.4) is 0 Å². The Balaban J connectivity index is 2.04. The van der Waals surface area contributed by atoms with E-state index in [0.717, 1.165) is 4.47 Å². The van der Waals surface area contributed by atoms with E-state index in [1.165, 1.54) is 12.1 Å². The van der Waals surface area contributed by atoms with Crippen LogP contribution >= 0.6 is 27.5 Å². The van der Waals surface area contributed by atoms with Crippen molar-refractivity contribution in [1.82, 2.24) is 4.98 Å². The number of nitrogens with zero attached hydrogens (tertiary/aromatic N) is 1. The lowest BCUT2D eigenvalue weighted by atomic mass is 10.2. The monoisotopic (exact) mass is 484 g/mol. The van der Waals surface area contributed by atoms with Gasteiger partial charge in [-0.3, -0.25) is 0 Å². The van der Waals surface area contributed by atoms with E-state index < -0.39 is 9.84 Å². The number of benzene rings is 2. The predicted molar refractivity (Wildman–Crippen MR) is 112 cm³/mol. The van der Waals surface area contributed by atoms with Crippen molar-refractivity contribution in [3.63, 3.8) is 0 Å². The number of nitrogens with one attached hydrogen (secondary N) is 1. The first kappa shape index (κ1) is 20.9. The Labute approximate surface area is 176 Å². The van der Waals surface area contributed by atoms with Crippen molar-refractivity contribution in [2.45, 2.75) is 16.3 Å². The van der Waals surface area contributed by atoms with Gasteiger partial charge in [-0.25, -0.2) is 8.42 Å². The van der Waals surface area contributed by atoms with E-state index in [2.05, 4.69) is 26.2 Å². The highest BCUT2D eigenvalue weighted by atomic mass is 79.9. The third-order valence-corrected chi connectivity index (χ3v) is 6.43. The highest BCUT2D eigenvalue weighted by Crippen LogP contribution is 2.35. The molecule has 0 spiro atoms. The fourth-order valence-corrected chi connectivity index (χ4v) is 4.25. The Bertz CT molecular complexity index is 1050. The van der Waals surface area contributed by atoms with Gasteiger partial charge >= 0.3 is 0 Å². The maximum atomic E-state index is 13.1. The molecule has 0 saturated carbocycles. The van der Waals surface area contributed by atoms with E-state index in [4.69, 9.17) is 20.8 Å². The number of ether oxygens (including phenoxy) is 1. The number of hydrogen-bond donors (Lipinski definition) is 1. The van der Waals surface area contributed by atoms with Crippen molar-refractivity contribution in [2.24, 2.45) is 0 Å². The molecule has 0 saturated heterocycles. The molecule has 0 aliphatic rings. The van der Waals surface area contributed by atoms with Crippen LogP contribution in [0.1, 0.15) is 6.42 Å². The van der Waals surface area contributed by atoms with Crippen molar-refractivity contribution in [3.05, 3.63) is 58.0 Å². The number of anilines is 1. The minimum atomic E-state index is -3.89. The summed E-state index contributed by atoms with van der Waals surface area (Å²) in [5.41, 5.74) is 0.515. The summed E-state index contributed by atoms with van der Waals surface area (Å²) in [6.07, 6.45) is 0.677. The molecule has 1 aromatic heterocycles. The summed E-state index contributed by atoms with van der Waals surface area (Å²) in [6.45, 7) is 1.00. The summed E-state index contributed by atoms with van der Waals surface area (Å²) in [4.78, 5) is 4.39. The normalized spacial score (nSPS) is 11.5. The van der Waals surface area contributed by atoms with Crippen LogP contribution in [0.4, 0.5) is 5.88 Å². The second kappa shape index (κ2) is 9.09.